The van der Waals surface area contributed by atoms with Crippen molar-refractivity contribution >= 4 is 17.7 Å². The molecule has 110 valence electrons. The van der Waals surface area contributed by atoms with Crippen LogP contribution >= 0.6 is 0 Å². The zero-order chi connectivity index (χ0) is 15.0. The minimum atomic E-state index is -0.967. The van der Waals surface area contributed by atoms with E-state index < -0.39 is 12.1 Å². The van der Waals surface area contributed by atoms with Crippen LogP contribution in [0.5, 0.6) is 5.75 Å². The maximum Gasteiger partial charge on any atom is 0.414 e. The third-order valence-electron chi connectivity index (χ3n) is 2.50. The molecule has 0 unspecified atom stereocenters. The Kier molecular flexibility index (Phi) is 6.36. The average molecular weight is 281 g/mol. The normalized spacial score (nSPS) is 9.90. The summed E-state index contributed by atoms with van der Waals surface area (Å²) in [5, 5.41) is 8.74. The van der Waals surface area contributed by atoms with Gasteiger partial charge in [-0.2, -0.15) is 0 Å². The molecule has 0 aliphatic carbocycles. The molecule has 1 aromatic rings. The summed E-state index contributed by atoms with van der Waals surface area (Å²) in [7, 11) is 0. The van der Waals surface area contributed by atoms with Gasteiger partial charge in [-0.25, -0.2) is 4.79 Å². The van der Waals surface area contributed by atoms with Gasteiger partial charge in [0, 0.05) is 12.2 Å². The first-order valence-electron chi connectivity index (χ1n) is 6.47. The highest BCUT2D eigenvalue weighted by Gasteiger charge is 2.17. The van der Waals surface area contributed by atoms with Crippen LogP contribution in [0.1, 0.15) is 20.3 Å². The summed E-state index contributed by atoms with van der Waals surface area (Å²) in [5.74, 6) is -0.275. The molecule has 0 heterocycles. The molecule has 0 aromatic heterocycles. The van der Waals surface area contributed by atoms with Crippen molar-refractivity contribution in [2.75, 3.05) is 24.7 Å². The van der Waals surface area contributed by atoms with Gasteiger partial charge in [0.05, 0.1) is 19.6 Å². The molecule has 20 heavy (non-hydrogen) atoms. The van der Waals surface area contributed by atoms with Crippen molar-refractivity contribution in [1.82, 2.24) is 0 Å². The zero-order valence-corrected chi connectivity index (χ0v) is 11.7. The molecule has 0 fully saturated rings. The summed E-state index contributed by atoms with van der Waals surface area (Å²) in [6.45, 7) is 4.43. The SMILES string of the molecule is CCOC(=O)N(CCC(=O)O)c1ccc(OCC)cc1. The van der Waals surface area contributed by atoms with E-state index in [1.165, 1.54) is 4.90 Å². The van der Waals surface area contributed by atoms with Crippen LogP contribution in [-0.2, 0) is 9.53 Å². The van der Waals surface area contributed by atoms with Gasteiger partial charge < -0.3 is 14.6 Å². The third kappa shape index (κ3) is 4.79. The van der Waals surface area contributed by atoms with E-state index in [1.54, 1.807) is 31.2 Å². The number of carboxylic acid groups (broad SMARTS) is 1. The molecule has 1 N–H and O–H groups in total. The van der Waals surface area contributed by atoms with Crippen LogP contribution in [-0.4, -0.2) is 36.9 Å². The Morgan fingerprint density at radius 3 is 2.30 bits per heavy atom. The van der Waals surface area contributed by atoms with Crippen molar-refractivity contribution in [3.63, 3.8) is 0 Å². The Morgan fingerprint density at radius 1 is 1.15 bits per heavy atom. The fourth-order valence-corrected chi connectivity index (χ4v) is 1.62. The number of carboxylic acids is 1. The second-order valence-electron chi connectivity index (χ2n) is 3.92. The van der Waals surface area contributed by atoms with Crippen LogP contribution in [0, 0.1) is 0 Å². The Balaban J connectivity index is 2.84. The molecular formula is C14H19NO5. The highest BCUT2D eigenvalue weighted by Crippen LogP contribution is 2.20. The monoisotopic (exact) mass is 281 g/mol. The molecule has 0 saturated carbocycles. The van der Waals surface area contributed by atoms with Gasteiger partial charge in [0.2, 0.25) is 0 Å². The Labute approximate surface area is 117 Å². The van der Waals surface area contributed by atoms with Crippen LogP contribution in [0.4, 0.5) is 10.5 Å². The van der Waals surface area contributed by atoms with Crippen LogP contribution in [0.3, 0.4) is 0 Å². The molecule has 6 nitrogen and oxygen atoms in total. The quantitative estimate of drug-likeness (QED) is 0.831. The molecular weight excluding hydrogens is 262 g/mol. The molecule has 0 atom stereocenters. The summed E-state index contributed by atoms with van der Waals surface area (Å²) in [5.41, 5.74) is 0.577. The number of hydrogen-bond donors (Lipinski definition) is 1. The largest absolute Gasteiger partial charge is 0.494 e. The van der Waals surface area contributed by atoms with E-state index in [1.807, 2.05) is 6.92 Å². The third-order valence-corrected chi connectivity index (χ3v) is 2.50. The van der Waals surface area contributed by atoms with Crippen molar-refractivity contribution in [1.29, 1.82) is 0 Å². The Morgan fingerprint density at radius 2 is 1.80 bits per heavy atom. The fourth-order valence-electron chi connectivity index (χ4n) is 1.62. The van der Waals surface area contributed by atoms with Gasteiger partial charge in [0.15, 0.2) is 0 Å². The number of nitrogens with zero attached hydrogens (tertiary/aromatic N) is 1. The van der Waals surface area contributed by atoms with E-state index in [0.29, 0.717) is 18.0 Å². The fraction of sp³-hybridized carbons (Fsp3) is 0.429. The first-order valence-corrected chi connectivity index (χ1v) is 6.47. The molecule has 1 rings (SSSR count). The minimum Gasteiger partial charge on any atom is -0.494 e. The molecule has 1 amide bonds. The van der Waals surface area contributed by atoms with Crippen LogP contribution in [0.2, 0.25) is 0 Å². The molecule has 0 aliphatic heterocycles. The average Bonchev–Trinajstić information content (AvgIpc) is 2.41. The van der Waals surface area contributed by atoms with Crippen LogP contribution in [0.25, 0.3) is 0 Å². The zero-order valence-electron chi connectivity index (χ0n) is 11.7. The summed E-state index contributed by atoms with van der Waals surface area (Å²) in [6.07, 6.45) is -0.704. The lowest BCUT2D eigenvalue weighted by Crippen LogP contribution is -2.33. The topological polar surface area (TPSA) is 76.1 Å². The Bertz CT molecular complexity index is 443. The van der Waals surface area contributed by atoms with Crippen molar-refractivity contribution < 1.29 is 24.2 Å². The number of carbonyl (C=O) groups excluding carboxylic acids is 1. The molecule has 0 radical (unpaired) electrons. The molecule has 1 aromatic carbocycles. The predicted octanol–water partition coefficient (Wildman–Crippen LogP) is 2.52. The highest BCUT2D eigenvalue weighted by atomic mass is 16.6. The lowest BCUT2D eigenvalue weighted by atomic mass is 10.2. The predicted molar refractivity (Wildman–Crippen MR) is 74.2 cm³/mol. The molecule has 6 heteroatoms. The van der Waals surface area contributed by atoms with Crippen molar-refractivity contribution in [3.8, 4) is 5.75 Å². The summed E-state index contributed by atoms with van der Waals surface area (Å²) < 4.78 is 10.2. The van der Waals surface area contributed by atoms with Crippen LogP contribution < -0.4 is 9.64 Å². The number of amides is 1. The number of ether oxygens (including phenoxy) is 2. The van der Waals surface area contributed by atoms with E-state index in [0.717, 1.165) is 0 Å². The number of aliphatic carboxylic acids is 1. The van der Waals surface area contributed by atoms with Gasteiger partial charge in [-0.1, -0.05) is 0 Å². The Hall–Kier alpha value is -2.24. The lowest BCUT2D eigenvalue weighted by molar-refractivity contribution is -0.136. The van der Waals surface area contributed by atoms with E-state index in [2.05, 4.69) is 0 Å². The standard InChI is InChI=1S/C14H19NO5/c1-3-19-12-7-5-11(6-8-12)15(10-9-13(16)17)14(18)20-4-2/h5-8H,3-4,9-10H2,1-2H3,(H,16,17). The van der Waals surface area contributed by atoms with Crippen molar-refractivity contribution in [2.24, 2.45) is 0 Å². The molecule has 0 bridgehead atoms. The smallest absolute Gasteiger partial charge is 0.414 e. The van der Waals surface area contributed by atoms with E-state index in [4.69, 9.17) is 14.6 Å². The van der Waals surface area contributed by atoms with Gasteiger partial charge in [0.1, 0.15) is 5.75 Å². The first-order chi connectivity index (χ1) is 9.58. The van der Waals surface area contributed by atoms with Gasteiger partial charge in [-0.3, -0.25) is 9.69 Å². The van der Waals surface area contributed by atoms with E-state index in [9.17, 15) is 9.59 Å². The molecule has 0 aliphatic rings. The van der Waals surface area contributed by atoms with Gasteiger partial charge in [-0.15, -0.1) is 0 Å². The number of rotatable bonds is 7. The van der Waals surface area contributed by atoms with E-state index in [-0.39, 0.29) is 19.6 Å². The van der Waals surface area contributed by atoms with Gasteiger partial charge in [-0.05, 0) is 38.1 Å². The number of benzene rings is 1. The molecule has 0 spiro atoms. The highest BCUT2D eigenvalue weighted by molar-refractivity contribution is 5.88. The lowest BCUT2D eigenvalue weighted by Gasteiger charge is -2.21. The number of anilines is 1. The summed E-state index contributed by atoms with van der Waals surface area (Å²) in [4.78, 5) is 23.8. The van der Waals surface area contributed by atoms with Gasteiger partial charge >= 0.3 is 12.1 Å². The first kappa shape index (κ1) is 15.8. The maximum absolute atomic E-state index is 11.8. The second kappa shape index (κ2) is 8.04. The van der Waals surface area contributed by atoms with Crippen LogP contribution in [0.15, 0.2) is 24.3 Å². The summed E-state index contributed by atoms with van der Waals surface area (Å²) in [6, 6.07) is 6.85. The maximum atomic E-state index is 11.8. The van der Waals surface area contributed by atoms with Crippen molar-refractivity contribution in [2.45, 2.75) is 20.3 Å². The van der Waals surface area contributed by atoms with Crippen molar-refractivity contribution in [3.05, 3.63) is 24.3 Å². The minimum absolute atomic E-state index is 0.0577. The van der Waals surface area contributed by atoms with E-state index >= 15 is 0 Å². The second-order valence-corrected chi connectivity index (χ2v) is 3.92. The van der Waals surface area contributed by atoms with Gasteiger partial charge in [0.25, 0.3) is 0 Å². The number of hydrogen-bond acceptors (Lipinski definition) is 4. The number of carbonyl (C=O) groups is 2. The molecule has 0 saturated heterocycles. The summed E-state index contributed by atoms with van der Waals surface area (Å²) >= 11 is 0.